The number of hydrogen-bond donors (Lipinski definition) is 1. The van der Waals surface area contributed by atoms with E-state index in [4.69, 9.17) is 9.47 Å². The highest BCUT2D eigenvalue weighted by molar-refractivity contribution is 6.04. The summed E-state index contributed by atoms with van der Waals surface area (Å²) in [6, 6.07) is 15.4. The van der Waals surface area contributed by atoms with Crippen molar-refractivity contribution in [3.63, 3.8) is 0 Å². The molecular formula is C24H27NO4. The van der Waals surface area contributed by atoms with Crippen molar-refractivity contribution >= 4 is 17.8 Å². The number of methoxy groups -OCH3 is 1. The maximum atomic E-state index is 13.0. The molecule has 0 radical (unpaired) electrons. The molecule has 1 atom stereocenters. The van der Waals surface area contributed by atoms with E-state index >= 15 is 0 Å². The van der Waals surface area contributed by atoms with E-state index in [-0.39, 0.29) is 24.2 Å². The normalized spacial score (nSPS) is 17.8. The van der Waals surface area contributed by atoms with Crippen LogP contribution < -0.4 is 14.8 Å². The van der Waals surface area contributed by atoms with Gasteiger partial charge in [-0.15, -0.1) is 0 Å². The number of Topliss-reactive ketones (excluding diaryl/α,β-unsaturated/α-hetero) is 1. The van der Waals surface area contributed by atoms with Gasteiger partial charge < -0.3 is 14.8 Å². The van der Waals surface area contributed by atoms with E-state index in [2.05, 4.69) is 5.32 Å². The van der Waals surface area contributed by atoms with Gasteiger partial charge in [0, 0.05) is 12.5 Å². The van der Waals surface area contributed by atoms with Crippen LogP contribution in [0.4, 0.5) is 0 Å². The van der Waals surface area contributed by atoms with Gasteiger partial charge in [-0.1, -0.05) is 36.4 Å². The molecule has 2 aromatic rings. The molecule has 5 nitrogen and oxygen atoms in total. The first-order chi connectivity index (χ1) is 14.1. The topological polar surface area (TPSA) is 64.6 Å². The smallest absolute Gasteiger partial charge is 0.257 e. The van der Waals surface area contributed by atoms with Crippen LogP contribution in [0, 0.1) is 0 Å². The van der Waals surface area contributed by atoms with E-state index in [1.165, 1.54) is 0 Å². The van der Waals surface area contributed by atoms with Crippen LogP contribution in [0.3, 0.4) is 0 Å². The Kier molecular flexibility index (Phi) is 7.06. The second-order valence-electron chi connectivity index (χ2n) is 7.04. The molecule has 2 aromatic carbocycles. The van der Waals surface area contributed by atoms with Crippen molar-refractivity contribution in [1.29, 1.82) is 0 Å². The van der Waals surface area contributed by atoms with Crippen LogP contribution in [-0.2, 0) is 9.59 Å². The first-order valence-electron chi connectivity index (χ1n) is 9.99. The van der Waals surface area contributed by atoms with Gasteiger partial charge in [-0.05, 0) is 61.1 Å². The Balaban J connectivity index is 1.77. The average Bonchev–Trinajstić information content (AvgIpc) is 2.75. The highest BCUT2D eigenvalue weighted by Gasteiger charge is 2.27. The maximum Gasteiger partial charge on any atom is 0.257 e. The third kappa shape index (κ3) is 5.25. The van der Waals surface area contributed by atoms with E-state index in [9.17, 15) is 9.59 Å². The number of allylic oxidation sites excluding steroid dienone is 1. The molecular weight excluding hydrogens is 366 g/mol. The highest BCUT2D eigenvalue weighted by Crippen LogP contribution is 2.35. The van der Waals surface area contributed by atoms with E-state index in [0.29, 0.717) is 18.0 Å². The molecule has 1 fully saturated rings. The Bertz CT molecular complexity index is 889. The fourth-order valence-corrected chi connectivity index (χ4v) is 3.61. The van der Waals surface area contributed by atoms with Gasteiger partial charge in [-0.25, -0.2) is 0 Å². The molecule has 0 unspecified atom stereocenters. The van der Waals surface area contributed by atoms with Crippen molar-refractivity contribution in [2.24, 2.45) is 0 Å². The Morgan fingerprint density at radius 1 is 1.17 bits per heavy atom. The Hall–Kier alpha value is -3.08. The van der Waals surface area contributed by atoms with Gasteiger partial charge in [0.2, 0.25) is 0 Å². The number of carbonyl (C=O) groups excluding carboxylic acids is 2. The number of nitrogens with one attached hydrogen (secondary N) is 1. The second-order valence-corrected chi connectivity index (χ2v) is 7.04. The Morgan fingerprint density at radius 3 is 2.69 bits per heavy atom. The molecule has 1 saturated carbocycles. The van der Waals surface area contributed by atoms with Crippen molar-refractivity contribution in [1.82, 2.24) is 5.32 Å². The van der Waals surface area contributed by atoms with Crippen LogP contribution >= 0.6 is 0 Å². The largest absolute Gasteiger partial charge is 0.493 e. The molecule has 3 rings (SSSR count). The number of amides is 1. The second kappa shape index (κ2) is 9.92. The zero-order valence-corrected chi connectivity index (χ0v) is 16.9. The van der Waals surface area contributed by atoms with E-state index in [1.807, 2.05) is 55.5 Å². The summed E-state index contributed by atoms with van der Waals surface area (Å²) in [5.41, 5.74) is 2.79. The molecule has 152 valence electrons. The summed E-state index contributed by atoms with van der Waals surface area (Å²) < 4.78 is 11.0. The predicted octanol–water partition coefficient (Wildman–Crippen LogP) is 4.13. The van der Waals surface area contributed by atoms with Gasteiger partial charge in [0.1, 0.15) is 0 Å². The Morgan fingerprint density at radius 2 is 1.97 bits per heavy atom. The lowest BCUT2D eigenvalue weighted by Crippen LogP contribution is -2.28. The van der Waals surface area contributed by atoms with E-state index < -0.39 is 0 Å². The number of rotatable bonds is 7. The monoisotopic (exact) mass is 393 g/mol. The molecule has 1 aliphatic carbocycles. The van der Waals surface area contributed by atoms with Gasteiger partial charge in [-0.3, -0.25) is 9.59 Å². The van der Waals surface area contributed by atoms with Gasteiger partial charge in [0.25, 0.3) is 5.91 Å². The van der Waals surface area contributed by atoms with Crippen molar-refractivity contribution in [2.45, 2.75) is 32.1 Å². The SMILES string of the molecule is CCNC(=O)COc1ccc(/C=C2\CCC[C@@H](c3ccccc3)C2=O)cc1OC. The first kappa shape index (κ1) is 20.6. The van der Waals surface area contributed by atoms with Crippen LogP contribution in [-0.4, -0.2) is 32.0 Å². The van der Waals surface area contributed by atoms with Crippen LogP contribution in [0.5, 0.6) is 11.5 Å². The lowest BCUT2D eigenvalue weighted by molar-refractivity contribution is -0.123. The molecule has 0 saturated heterocycles. The minimum atomic E-state index is -0.180. The number of likely N-dealkylation sites (N-methyl/N-ethyl adjacent to an activating group) is 1. The molecule has 29 heavy (non-hydrogen) atoms. The number of carbonyl (C=O) groups is 2. The molecule has 0 bridgehead atoms. The predicted molar refractivity (Wildman–Crippen MR) is 113 cm³/mol. The molecule has 0 aromatic heterocycles. The lowest BCUT2D eigenvalue weighted by Gasteiger charge is -2.23. The molecule has 1 amide bonds. The minimum Gasteiger partial charge on any atom is -0.493 e. The number of ether oxygens (including phenoxy) is 2. The zero-order valence-electron chi connectivity index (χ0n) is 16.9. The van der Waals surface area contributed by atoms with Crippen LogP contribution in [0.25, 0.3) is 6.08 Å². The van der Waals surface area contributed by atoms with Crippen molar-refractivity contribution in [3.05, 3.63) is 65.2 Å². The molecule has 1 N–H and O–H groups in total. The van der Waals surface area contributed by atoms with Crippen molar-refractivity contribution in [3.8, 4) is 11.5 Å². The highest BCUT2D eigenvalue weighted by atomic mass is 16.5. The van der Waals surface area contributed by atoms with Crippen LogP contribution in [0.2, 0.25) is 0 Å². The summed E-state index contributed by atoms with van der Waals surface area (Å²) in [5.74, 6) is 0.973. The Labute approximate surface area is 171 Å². The molecule has 5 heteroatoms. The summed E-state index contributed by atoms with van der Waals surface area (Å²) in [4.78, 5) is 24.6. The fraction of sp³-hybridized carbons (Fsp3) is 0.333. The first-order valence-corrected chi connectivity index (χ1v) is 9.99. The average molecular weight is 393 g/mol. The van der Waals surface area contributed by atoms with Gasteiger partial charge in [-0.2, -0.15) is 0 Å². The third-order valence-corrected chi connectivity index (χ3v) is 5.04. The van der Waals surface area contributed by atoms with Crippen molar-refractivity contribution < 1.29 is 19.1 Å². The summed E-state index contributed by atoms with van der Waals surface area (Å²) in [6.07, 6.45) is 4.59. The number of ketones is 1. The third-order valence-electron chi connectivity index (χ3n) is 5.04. The van der Waals surface area contributed by atoms with E-state index in [1.54, 1.807) is 13.2 Å². The summed E-state index contributed by atoms with van der Waals surface area (Å²) in [5, 5.41) is 2.69. The summed E-state index contributed by atoms with van der Waals surface area (Å²) >= 11 is 0. The molecule has 1 aliphatic rings. The maximum absolute atomic E-state index is 13.0. The standard InChI is InChI=1S/C24H27NO4/c1-3-25-23(26)16-29-21-13-12-17(15-22(21)28-2)14-19-10-7-11-20(24(19)27)18-8-5-4-6-9-18/h4-6,8-9,12-15,20H,3,7,10-11,16H2,1-2H3,(H,25,26)/b19-14+/t20-/m0/s1. The van der Waals surface area contributed by atoms with E-state index in [0.717, 1.165) is 36.0 Å². The molecule has 0 heterocycles. The fourth-order valence-electron chi connectivity index (χ4n) is 3.61. The quantitative estimate of drug-likeness (QED) is 0.719. The lowest BCUT2D eigenvalue weighted by atomic mass is 9.79. The molecule has 0 aliphatic heterocycles. The van der Waals surface area contributed by atoms with Crippen LogP contribution in [0.15, 0.2) is 54.1 Å². The molecule has 0 spiro atoms. The summed E-state index contributed by atoms with van der Waals surface area (Å²) in [7, 11) is 1.56. The van der Waals surface area contributed by atoms with Crippen LogP contribution in [0.1, 0.15) is 43.2 Å². The van der Waals surface area contributed by atoms with Gasteiger partial charge >= 0.3 is 0 Å². The van der Waals surface area contributed by atoms with Gasteiger partial charge in [0.15, 0.2) is 23.9 Å². The zero-order chi connectivity index (χ0) is 20.6. The van der Waals surface area contributed by atoms with Crippen molar-refractivity contribution in [2.75, 3.05) is 20.3 Å². The number of benzene rings is 2. The van der Waals surface area contributed by atoms with Gasteiger partial charge in [0.05, 0.1) is 7.11 Å². The minimum absolute atomic E-state index is 0.0676. The number of hydrogen-bond acceptors (Lipinski definition) is 4. The summed E-state index contributed by atoms with van der Waals surface area (Å²) in [6.45, 7) is 2.35.